The third kappa shape index (κ3) is 4.14. The van der Waals surface area contributed by atoms with Crippen molar-refractivity contribution in [3.05, 3.63) is 94.3 Å². The van der Waals surface area contributed by atoms with Crippen LogP contribution in [-0.4, -0.2) is 5.78 Å². The summed E-state index contributed by atoms with van der Waals surface area (Å²) in [5, 5.41) is 2.75. The largest absolute Gasteiger partial charge is 0.422 e. The fourth-order valence-corrected chi connectivity index (χ4v) is 2.77. The van der Waals surface area contributed by atoms with E-state index in [1.807, 2.05) is 64.1 Å². The van der Waals surface area contributed by atoms with Crippen LogP contribution in [0.2, 0.25) is 0 Å². The monoisotopic (exact) mass is 360 g/mol. The molecule has 0 aliphatic rings. The third-order valence-corrected chi connectivity index (χ3v) is 3.92. The van der Waals surface area contributed by atoms with Gasteiger partial charge in [0.15, 0.2) is 5.78 Å². The number of carbonyl (C=O) groups is 1. The molecule has 0 saturated carbocycles. The fourth-order valence-electron chi connectivity index (χ4n) is 2.77. The van der Waals surface area contributed by atoms with Gasteiger partial charge in [-0.1, -0.05) is 88.4 Å². The first-order valence-electron chi connectivity index (χ1n) is 9.29. The minimum Gasteiger partial charge on any atom is -0.422 e. The molecule has 4 rings (SSSR count). The topological polar surface area (TPSA) is 47.3 Å². The van der Waals surface area contributed by atoms with Crippen LogP contribution in [0.4, 0.5) is 0 Å². The van der Waals surface area contributed by atoms with E-state index in [-0.39, 0.29) is 11.3 Å². The SMILES string of the molecule is CC.CC.O=C(c1ccccc1)c1cc2c(ccc3ccccc32)oc1=O. The van der Waals surface area contributed by atoms with Gasteiger partial charge >= 0.3 is 5.63 Å². The molecule has 0 bridgehead atoms. The van der Waals surface area contributed by atoms with E-state index >= 15 is 0 Å². The molecule has 3 aromatic carbocycles. The van der Waals surface area contributed by atoms with E-state index in [0.29, 0.717) is 11.1 Å². The van der Waals surface area contributed by atoms with Crippen molar-refractivity contribution in [2.45, 2.75) is 27.7 Å². The molecular weight excluding hydrogens is 336 g/mol. The van der Waals surface area contributed by atoms with Crippen LogP contribution in [0.5, 0.6) is 0 Å². The number of benzene rings is 3. The molecule has 0 saturated heterocycles. The van der Waals surface area contributed by atoms with Crippen LogP contribution in [0.15, 0.2) is 82.0 Å². The molecule has 0 radical (unpaired) electrons. The molecule has 0 unspecified atom stereocenters. The molecule has 138 valence electrons. The molecule has 0 spiro atoms. The van der Waals surface area contributed by atoms with E-state index in [2.05, 4.69) is 0 Å². The summed E-state index contributed by atoms with van der Waals surface area (Å²) in [7, 11) is 0. The Morgan fingerprint density at radius 2 is 1.37 bits per heavy atom. The third-order valence-electron chi connectivity index (χ3n) is 3.92. The summed E-state index contributed by atoms with van der Waals surface area (Å²) in [6.07, 6.45) is 0. The zero-order valence-corrected chi connectivity index (χ0v) is 16.2. The summed E-state index contributed by atoms with van der Waals surface area (Å²) in [6.45, 7) is 8.00. The molecule has 0 aliphatic carbocycles. The maximum absolute atomic E-state index is 12.6. The highest BCUT2D eigenvalue weighted by Gasteiger charge is 2.16. The Hall–Kier alpha value is -3.20. The summed E-state index contributed by atoms with van der Waals surface area (Å²) in [4.78, 5) is 24.8. The van der Waals surface area contributed by atoms with Crippen molar-refractivity contribution in [1.29, 1.82) is 0 Å². The first-order valence-corrected chi connectivity index (χ1v) is 9.29. The molecule has 0 aliphatic heterocycles. The van der Waals surface area contributed by atoms with Crippen molar-refractivity contribution in [3.63, 3.8) is 0 Å². The van der Waals surface area contributed by atoms with Gasteiger partial charge in [-0.15, -0.1) is 0 Å². The second-order valence-corrected chi connectivity index (χ2v) is 5.34. The maximum Gasteiger partial charge on any atom is 0.347 e. The summed E-state index contributed by atoms with van der Waals surface area (Å²) >= 11 is 0. The molecular formula is C24H24O3. The quantitative estimate of drug-likeness (QED) is 0.242. The number of hydrogen-bond acceptors (Lipinski definition) is 3. The first-order chi connectivity index (χ1) is 13.2. The smallest absolute Gasteiger partial charge is 0.347 e. The Balaban J connectivity index is 0.000000614. The second-order valence-electron chi connectivity index (χ2n) is 5.34. The summed E-state index contributed by atoms with van der Waals surface area (Å²) in [5.41, 5.74) is 0.402. The van der Waals surface area contributed by atoms with E-state index in [0.717, 1.165) is 16.2 Å². The molecule has 0 N–H and O–H groups in total. The Bertz CT molecular complexity index is 1090. The summed E-state index contributed by atoms with van der Waals surface area (Å²) < 4.78 is 5.37. The van der Waals surface area contributed by atoms with Gasteiger partial charge in [0.05, 0.1) is 0 Å². The fraction of sp³-hybridized carbons (Fsp3) is 0.167. The predicted octanol–water partition coefficient (Wildman–Crippen LogP) is 6.23. The van der Waals surface area contributed by atoms with Crippen molar-refractivity contribution >= 4 is 27.5 Å². The maximum atomic E-state index is 12.6. The number of rotatable bonds is 2. The number of hydrogen-bond donors (Lipinski definition) is 0. The molecule has 3 heteroatoms. The van der Waals surface area contributed by atoms with Crippen molar-refractivity contribution in [1.82, 2.24) is 0 Å². The molecule has 4 aromatic rings. The number of fused-ring (bicyclic) bond motifs is 3. The van der Waals surface area contributed by atoms with Gasteiger partial charge in [-0.05, 0) is 22.9 Å². The van der Waals surface area contributed by atoms with Gasteiger partial charge in [0.25, 0.3) is 0 Å². The molecule has 1 heterocycles. The van der Waals surface area contributed by atoms with Crippen LogP contribution in [0, 0.1) is 0 Å². The highest BCUT2D eigenvalue weighted by Crippen LogP contribution is 2.25. The minimum atomic E-state index is -0.610. The molecule has 0 amide bonds. The molecule has 27 heavy (non-hydrogen) atoms. The molecule has 0 fully saturated rings. The van der Waals surface area contributed by atoms with Gasteiger partial charge in [-0.25, -0.2) is 4.79 Å². The van der Waals surface area contributed by atoms with Gasteiger partial charge in [-0.2, -0.15) is 0 Å². The first kappa shape index (κ1) is 20.1. The highest BCUT2D eigenvalue weighted by atomic mass is 16.4. The lowest BCUT2D eigenvalue weighted by Crippen LogP contribution is -2.14. The Morgan fingerprint density at radius 1 is 0.741 bits per heavy atom. The minimum absolute atomic E-state index is 0.0556. The average molecular weight is 360 g/mol. The van der Waals surface area contributed by atoms with Gasteiger partial charge < -0.3 is 4.42 Å². The molecule has 3 nitrogen and oxygen atoms in total. The second kappa shape index (κ2) is 9.48. The molecule has 0 atom stereocenters. The lowest BCUT2D eigenvalue weighted by Gasteiger charge is -2.05. The zero-order chi connectivity index (χ0) is 19.8. The summed E-state index contributed by atoms with van der Waals surface area (Å²) in [6, 6.07) is 21.9. The van der Waals surface area contributed by atoms with Crippen LogP contribution >= 0.6 is 0 Å². The van der Waals surface area contributed by atoms with E-state index in [1.165, 1.54) is 0 Å². The number of ketones is 1. The standard InChI is InChI=1S/C20H12O3.2C2H6/c21-19(14-7-2-1-3-8-14)17-12-16-15-9-5-4-6-13(15)10-11-18(16)23-20(17)22;2*1-2/h1-12H;2*1-2H3. The van der Waals surface area contributed by atoms with Crippen LogP contribution in [0.25, 0.3) is 21.7 Å². The van der Waals surface area contributed by atoms with Gasteiger partial charge in [0.2, 0.25) is 0 Å². The summed E-state index contributed by atoms with van der Waals surface area (Å²) in [5.74, 6) is -0.325. The van der Waals surface area contributed by atoms with Crippen molar-refractivity contribution in [3.8, 4) is 0 Å². The van der Waals surface area contributed by atoms with Crippen LogP contribution in [0.3, 0.4) is 0 Å². The predicted molar refractivity (Wildman–Crippen MR) is 113 cm³/mol. The highest BCUT2D eigenvalue weighted by molar-refractivity contribution is 6.12. The van der Waals surface area contributed by atoms with E-state index in [9.17, 15) is 9.59 Å². The van der Waals surface area contributed by atoms with Gasteiger partial charge in [0, 0.05) is 10.9 Å². The van der Waals surface area contributed by atoms with Crippen molar-refractivity contribution < 1.29 is 9.21 Å². The van der Waals surface area contributed by atoms with Crippen LogP contribution in [0.1, 0.15) is 43.6 Å². The van der Waals surface area contributed by atoms with Crippen molar-refractivity contribution in [2.24, 2.45) is 0 Å². The Labute approximate surface area is 159 Å². The van der Waals surface area contributed by atoms with E-state index < -0.39 is 5.63 Å². The van der Waals surface area contributed by atoms with E-state index in [1.54, 1.807) is 36.4 Å². The zero-order valence-electron chi connectivity index (χ0n) is 16.2. The number of carbonyl (C=O) groups excluding carboxylic acids is 1. The Morgan fingerprint density at radius 3 is 2.07 bits per heavy atom. The molecule has 1 aromatic heterocycles. The average Bonchev–Trinajstić information content (AvgIpc) is 2.76. The van der Waals surface area contributed by atoms with E-state index in [4.69, 9.17) is 4.42 Å². The normalized spacial score (nSPS) is 9.78. The lowest BCUT2D eigenvalue weighted by atomic mass is 10.0. The van der Waals surface area contributed by atoms with Crippen LogP contribution in [-0.2, 0) is 0 Å². The Kier molecular flexibility index (Phi) is 7.07. The lowest BCUT2D eigenvalue weighted by molar-refractivity contribution is 0.103. The van der Waals surface area contributed by atoms with Crippen LogP contribution < -0.4 is 5.63 Å². The van der Waals surface area contributed by atoms with Gasteiger partial charge in [0.1, 0.15) is 11.1 Å². The van der Waals surface area contributed by atoms with Gasteiger partial charge in [-0.3, -0.25) is 4.79 Å². The van der Waals surface area contributed by atoms with Crippen molar-refractivity contribution in [2.75, 3.05) is 0 Å².